The summed E-state index contributed by atoms with van der Waals surface area (Å²) in [6.45, 7) is 8.79. The van der Waals surface area contributed by atoms with Gasteiger partial charge in [-0.2, -0.15) is 0 Å². The summed E-state index contributed by atoms with van der Waals surface area (Å²) in [4.78, 5) is 2.46. The highest BCUT2D eigenvalue weighted by Gasteiger charge is 2.24. The van der Waals surface area contributed by atoms with Crippen molar-refractivity contribution in [3.63, 3.8) is 0 Å². The molecule has 1 aliphatic rings. The lowest BCUT2D eigenvalue weighted by Crippen LogP contribution is -2.39. The Kier molecular flexibility index (Phi) is 4.23. The number of nitrogens with zero attached hydrogens (tertiary/aromatic N) is 1. The Hall–Kier alpha value is -1.09. The molecule has 0 amide bonds. The third-order valence-corrected chi connectivity index (χ3v) is 3.83. The van der Waals surface area contributed by atoms with Crippen molar-refractivity contribution in [2.45, 2.75) is 26.7 Å². The van der Waals surface area contributed by atoms with Gasteiger partial charge in [-0.25, -0.2) is 4.39 Å². The molecule has 1 N–H and O–H groups in total. The van der Waals surface area contributed by atoms with Gasteiger partial charge in [-0.1, -0.05) is 26.0 Å². The number of hydrogen-bond acceptors (Lipinski definition) is 2. The van der Waals surface area contributed by atoms with Crippen LogP contribution in [0.2, 0.25) is 0 Å². The van der Waals surface area contributed by atoms with Crippen molar-refractivity contribution in [1.29, 1.82) is 0 Å². The van der Waals surface area contributed by atoms with Crippen molar-refractivity contribution in [3.05, 3.63) is 30.1 Å². The van der Waals surface area contributed by atoms with Crippen LogP contribution in [0.4, 0.5) is 10.1 Å². The van der Waals surface area contributed by atoms with Gasteiger partial charge in [-0.3, -0.25) is 0 Å². The summed E-state index contributed by atoms with van der Waals surface area (Å²) in [5.41, 5.74) is 1.10. The van der Waals surface area contributed by atoms with Gasteiger partial charge < -0.3 is 10.2 Å². The van der Waals surface area contributed by atoms with Gasteiger partial charge in [0.25, 0.3) is 0 Å². The largest absolute Gasteiger partial charge is 0.381 e. The highest BCUT2D eigenvalue weighted by Crippen LogP contribution is 2.29. The third kappa shape index (κ3) is 3.70. The SMILES string of the molecule is CC1(C)CCN(CCNc2ccccc2F)CC1. The Labute approximate surface area is 109 Å². The second kappa shape index (κ2) is 5.70. The van der Waals surface area contributed by atoms with Gasteiger partial charge in [0, 0.05) is 13.1 Å². The van der Waals surface area contributed by atoms with E-state index in [-0.39, 0.29) is 5.82 Å². The molecule has 1 aromatic carbocycles. The van der Waals surface area contributed by atoms with Crippen LogP contribution < -0.4 is 5.32 Å². The lowest BCUT2D eigenvalue weighted by atomic mass is 9.83. The molecule has 100 valence electrons. The lowest BCUT2D eigenvalue weighted by Gasteiger charge is -2.36. The molecule has 0 aliphatic carbocycles. The Balaban J connectivity index is 1.72. The quantitative estimate of drug-likeness (QED) is 0.881. The summed E-state index contributed by atoms with van der Waals surface area (Å²) in [7, 11) is 0. The summed E-state index contributed by atoms with van der Waals surface area (Å²) in [6.07, 6.45) is 2.51. The standard InChI is InChI=1S/C15H23FN2/c1-15(2)7-10-18(11-8-15)12-9-17-14-6-4-3-5-13(14)16/h3-6,17H,7-12H2,1-2H3. The first-order valence-corrected chi connectivity index (χ1v) is 6.78. The number of para-hydroxylation sites is 1. The fourth-order valence-electron chi connectivity index (χ4n) is 2.34. The minimum Gasteiger partial charge on any atom is -0.381 e. The van der Waals surface area contributed by atoms with Gasteiger partial charge in [-0.15, -0.1) is 0 Å². The van der Waals surface area contributed by atoms with Crippen LogP contribution >= 0.6 is 0 Å². The first-order valence-electron chi connectivity index (χ1n) is 6.78. The van der Waals surface area contributed by atoms with E-state index >= 15 is 0 Å². The second-order valence-corrected chi connectivity index (χ2v) is 5.91. The van der Waals surface area contributed by atoms with E-state index in [9.17, 15) is 4.39 Å². The smallest absolute Gasteiger partial charge is 0.146 e. The van der Waals surface area contributed by atoms with Gasteiger partial charge >= 0.3 is 0 Å². The number of halogens is 1. The molecule has 18 heavy (non-hydrogen) atoms. The van der Waals surface area contributed by atoms with Crippen LogP contribution in [0.3, 0.4) is 0 Å². The first-order chi connectivity index (χ1) is 8.57. The van der Waals surface area contributed by atoms with Gasteiger partial charge in [0.1, 0.15) is 5.82 Å². The van der Waals surface area contributed by atoms with Crippen LogP contribution in [-0.2, 0) is 0 Å². The van der Waals surface area contributed by atoms with E-state index < -0.39 is 0 Å². The van der Waals surface area contributed by atoms with Crippen molar-refractivity contribution in [2.75, 3.05) is 31.5 Å². The van der Waals surface area contributed by atoms with Crippen LogP contribution in [0.25, 0.3) is 0 Å². The number of likely N-dealkylation sites (tertiary alicyclic amines) is 1. The number of rotatable bonds is 4. The molecule has 1 aromatic rings. The second-order valence-electron chi connectivity index (χ2n) is 5.91. The van der Waals surface area contributed by atoms with Crippen molar-refractivity contribution in [2.24, 2.45) is 5.41 Å². The van der Waals surface area contributed by atoms with Crippen LogP contribution in [0.5, 0.6) is 0 Å². The minimum atomic E-state index is -0.169. The molecule has 2 rings (SSSR count). The molecule has 1 fully saturated rings. The average molecular weight is 250 g/mol. The first kappa shape index (κ1) is 13.3. The summed E-state index contributed by atoms with van der Waals surface area (Å²) >= 11 is 0. The van der Waals surface area contributed by atoms with E-state index in [1.807, 2.05) is 6.07 Å². The normalized spacial score (nSPS) is 19.7. The van der Waals surface area contributed by atoms with E-state index in [4.69, 9.17) is 0 Å². The zero-order valence-corrected chi connectivity index (χ0v) is 11.4. The van der Waals surface area contributed by atoms with Gasteiger partial charge in [0.15, 0.2) is 0 Å². The molecule has 0 unspecified atom stereocenters. The topological polar surface area (TPSA) is 15.3 Å². The summed E-state index contributed by atoms with van der Waals surface area (Å²) in [5, 5.41) is 3.16. The van der Waals surface area contributed by atoms with Crippen LogP contribution in [0.1, 0.15) is 26.7 Å². The summed E-state index contributed by atoms with van der Waals surface area (Å²) in [5.74, 6) is -0.169. The molecule has 1 heterocycles. The molecule has 0 spiro atoms. The molecule has 0 saturated carbocycles. The van der Waals surface area contributed by atoms with E-state index in [0.717, 1.165) is 26.2 Å². The van der Waals surface area contributed by atoms with E-state index in [2.05, 4.69) is 24.1 Å². The average Bonchev–Trinajstić information content (AvgIpc) is 2.34. The maximum absolute atomic E-state index is 13.4. The molecule has 0 bridgehead atoms. The number of anilines is 1. The van der Waals surface area contributed by atoms with E-state index in [0.29, 0.717) is 11.1 Å². The molecule has 1 saturated heterocycles. The monoisotopic (exact) mass is 250 g/mol. The van der Waals surface area contributed by atoms with Crippen molar-refractivity contribution in [1.82, 2.24) is 4.90 Å². The molecule has 2 nitrogen and oxygen atoms in total. The molecule has 1 aliphatic heterocycles. The van der Waals surface area contributed by atoms with E-state index in [1.165, 1.54) is 18.9 Å². The number of nitrogens with one attached hydrogen (secondary N) is 1. The van der Waals surface area contributed by atoms with Crippen molar-refractivity contribution in [3.8, 4) is 0 Å². The van der Waals surface area contributed by atoms with Crippen LogP contribution in [-0.4, -0.2) is 31.1 Å². The number of piperidine rings is 1. The van der Waals surface area contributed by atoms with Gasteiger partial charge in [0.05, 0.1) is 5.69 Å². The van der Waals surface area contributed by atoms with Gasteiger partial charge in [-0.05, 0) is 43.5 Å². The van der Waals surface area contributed by atoms with Crippen LogP contribution in [0.15, 0.2) is 24.3 Å². The zero-order valence-electron chi connectivity index (χ0n) is 11.4. The Morgan fingerprint density at radius 3 is 2.56 bits per heavy atom. The Morgan fingerprint density at radius 1 is 1.22 bits per heavy atom. The van der Waals surface area contributed by atoms with Crippen molar-refractivity contribution < 1.29 is 4.39 Å². The molecule has 0 radical (unpaired) electrons. The predicted octanol–water partition coefficient (Wildman–Crippen LogP) is 3.36. The summed E-state index contributed by atoms with van der Waals surface area (Å²) in [6, 6.07) is 6.85. The maximum atomic E-state index is 13.4. The zero-order chi connectivity index (χ0) is 13.0. The molecule has 0 aromatic heterocycles. The number of hydrogen-bond donors (Lipinski definition) is 1. The fourth-order valence-corrected chi connectivity index (χ4v) is 2.34. The molecule has 0 atom stereocenters. The predicted molar refractivity (Wildman–Crippen MR) is 74.3 cm³/mol. The van der Waals surface area contributed by atoms with Gasteiger partial charge in [0.2, 0.25) is 0 Å². The Morgan fingerprint density at radius 2 is 1.89 bits per heavy atom. The fraction of sp³-hybridized carbons (Fsp3) is 0.600. The van der Waals surface area contributed by atoms with Crippen LogP contribution in [0, 0.1) is 11.2 Å². The summed E-state index contributed by atoms with van der Waals surface area (Å²) < 4.78 is 13.4. The maximum Gasteiger partial charge on any atom is 0.146 e. The molecular weight excluding hydrogens is 227 g/mol. The van der Waals surface area contributed by atoms with E-state index in [1.54, 1.807) is 12.1 Å². The minimum absolute atomic E-state index is 0.169. The number of benzene rings is 1. The molecular formula is C15H23FN2. The highest BCUT2D eigenvalue weighted by atomic mass is 19.1. The molecule has 3 heteroatoms. The Bertz CT molecular complexity index is 380. The third-order valence-electron chi connectivity index (χ3n) is 3.83. The highest BCUT2D eigenvalue weighted by molar-refractivity contribution is 5.44. The van der Waals surface area contributed by atoms with Crippen molar-refractivity contribution >= 4 is 5.69 Å². The lowest BCUT2D eigenvalue weighted by molar-refractivity contribution is 0.137.